The lowest BCUT2D eigenvalue weighted by atomic mass is 10.0. The van der Waals surface area contributed by atoms with Gasteiger partial charge in [0.1, 0.15) is 0 Å². The van der Waals surface area contributed by atoms with Crippen LogP contribution in [0.4, 0.5) is 5.82 Å². The third kappa shape index (κ3) is 3.41. The molecule has 0 saturated heterocycles. The van der Waals surface area contributed by atoms with Crippen LogP contribution in [0.2, 0.25) is 0 Å². The molecule has 0 aliphatic heterocycles. The van der Waals surface area contributed by atoms with E-state index in [1.54, 1.807) is 11.9 Å². The van der Waals surface area contributed by atoms with Gasteiger partial charge < -0.3 is 10.6 Å². The van der Waals surface area contributed by atoms with E-state index in [1.807, 2.05) is 30.3 Å². The average molecular weight is 318 g/mol. The van der Waals surface area contributed by atoms with Gasteiger partial charge in [0.05, 0.1) is 0 Å². The van der Waals surface area contributed by atoms with Crippen LogP contribution in [0.1, 0.15) is 16.1 Å². The minimum absolute atomic E-state index is 0.147. The highest BCUT2D eigenvalue weighted by atomic mass is 16.2. The summed E-state index contributed by atoms with van der Waals surface area (Å²) in [5.74, 6) is -0.0958. The summed E-state index contributed by atoms with van der Waals surface area (Å²) in [4.78, 5) is 21.9. The van der Waals surface area contributed by atoms with E-state index in [9.17, 15) is 4.79 Å². The van der Waals surface area contributed by atoms with Gasteiger partial charge in [-0.15, -0.1) is 0 Å². The molecule has 1 aromatic heterocycles. The van der Waals surface area contributed by atoms with Crippen LogP contribution in [0.15, 0.2) is 67.0 Å². The number of nitrogens with two attached hydrogens (primary N) is 1. The van der Waals surface area contributed by atoms with Crippen LogP contribution in [-0.2, 0) is 6.54 Å². The van der Waals surface area contributed by atoms with Crippen molar-refractivity contribution < 1.29 is 4.79 Å². The Bertz CT molecular complexity index is 832. The fraction of sp³-hybridized carbons (Fsp3) is 0.105. The fourth-order valence-corrected chi connectivity index (χ4v) is 2.47. The lowest BCUT2D eigenvalue weighted by molar-refractivity contribution is 0.0780. The van der Waals surface area contributed by atoms with E-state index in [4.69, 9.17) is 5.73 Å². The molecule has 1 amide bonds. The first-order valence-corrected chi connectivity index (χ1v) is 7.61. The number of nitrogens with zero attached hydrogens (tertiary/aromatic N) is 3. The molecular weight excluding hydrogens is 300 g/mol. The van der Waals surface area contributed by atoms with E-state index in [0.717, 1.165) is 11.1 Å². The number of hydrogen-bond donors (Lipinski definition) is 1. The van der Waals surface area contributed by atoms with E-state index in [-0.39, 0.29) is 17.4 Å². The molecule has 0 saturated carbocycles. The quantitative estimate of drug-likeness (QED) is 0.802. The van der Waals surface area contributed by atoms with Crippen molar-refractivity contribution in [1.82, 2.24) is 14.9 Å². The normalized spacial score (nSPS) is 10.4. The number of aromatic nitrogens is 2. The van der Waals surface area contributed by atoms with Gasteiger partial charge in [0.25, 0.3) is 5.91 Å². The molecule has 2 N–H and O–H groups in total. The van der Waals surface area contributed by atoms with Gasteiger partial charge in [0, 0.05) is 26.0 Å². The standard InChI is InChI=1S/C19H18N4O/c1-23(19(24)17-18(20)22-12-11-21-17)13-14-7-9-16(10-8-14)15-5-3-2-4-6-15/h2-12H,13H2,1H3,(H2,20,22). The predicted octanol–water partition coefficient (Wildman–Crippen LogP) is 3.00. The number of amides is 1. The maximum Gasteiger partial charge on any atom is 0.276 e. The molecule has 0 atom stereocenters. The van der Waals surface area contributed by atoms with Gasteiger partial charge in [0.2, 0.25) is 0 Å². The summed E-state index contributed by atoms with van der Waals surface area (Å²) in [5.41, 5.74) is 9.24. The van der Waals surface area contributed by atoms with Gasteiger partial charge in [-0.3, -0.25) is 4.79 Å². The van der Waals surface area contributed by atoms with Gasteiger partial charge >= 0.3 is 0 Å². The zero-order valence-electron chi connectivity index (χ0n) is 13.4. The molecule has 0 unspecified atom stereocenters. The molecule has 5 nitrogen and oxygen atoms in total. The molecule has 3 aromatic rings. The van der Waals surface area contributed by atoms with Gasteiger partial charge in [-0.25, -0.2) is 9.97 Å². The van der Waals surface area contributed by atoms with Crippen molar-refractivity contribution in [3.05, 3.63) is 78.2 Å². The molecule has 120 valence electrons. The third-order valence-corrected chi connectivity index (χ3v) is 3.76. The smallest absolute Gasteiger partial charge is 0.276 e. The van der Waals surface area contributed by atoms with Crippen LogP contribution in [0.25, 0.3) is 11.1 Å². The van der Waals surface area contributed by atoms with Crippen LogP contribution in [0.3, 0.4) is 0 Å². The van der Waals surface area contributed by atoms with E-state index in [0.29, 0.717) is 6.54 Å². The van der Waals surface area contributed by atoms with Crippen molar-refractivity contribution in [1.29, 1.82) is 0 Å². The van der Waals surface area contributed by atoms with Crippen molar-refractivity contribution in [2.24, 2.45) is 0 Å². The Kier molecular flexibility index (Phi) is 4.52. The Morgan fingerprint density at radius 2 is 1.58 bits per heavy atom. The molecule has 0 radical (unpaired) electrons. The Balaban J connectivity index is 1.72. The maximum absolute atomic E-state index is 12.4. The Hall–Kier alpha value is -3.21. The summed E-state index contributed by atoms with van der Waals surface area (Å²) < 4.78 is 0. The Morgan fingerprint density at radius 1 is 0.958 bits per heavy atom. The van der Waals surface area contributed by atoms with E-state index < -0.39 is 0 Å². The zero-order chi connectivity index (χ0) is 16.9. The first kappa shape index (κ1) is 15.7. The second-order valence-electron chi connectivity index (χ2n) is 5.51. The summed E-state index contributed by atoms with van der Waals surface area (Å²) in [5, 5.41) is 0. The van der Waals surface area contributed by atoms with Crippen molar-refractivity contribution in [3.8, 4) is 11.1 Å². The molecular formula is C19H18N4O. The number of rotatable bonds is 4. The molecule has 1 heterocycles. The third-order valence-electron chi connectivity index (χ3n) is 3.76. The average Bonchev–Trinajstić information content (AvgIpc) is 2.63. The molecule has 5 heteroatoms. The van der Waals surface area contributed by atoms with Crippen molar-refractivity contribution >= 4 is 11.7 Å². The molecule has 0 spiro atoms. The fourth-order valence-electron chi connectivity index (χ4n) is 2.47. The predicted molar refractivity (Wildman–Crippen MR) is 94.1 cm³/mol. The summed E-state index contributed by atoms with van der Waals surface area (Å²) in [6, 6.07) is 18.3. The van der Waals surface area contributed by atoms with Gasteiger partial charge in [-0.1, -0.05) is 54.6 Å². The highest BCUT2D eigenvalue weighted by Gasteiger charge is 2.17. The monoisotopic (exact) mass is 318 g/mol. The van der Waals surface area contributed by atoms with Crippen LogP contribution in [-0.4, -0.2) is 27.8 Å². The van der Waals surface area contributed by atoms with Crippen LogP contribution < -0.4 is 5.73 Å². The minimum atomic E-state index is -0.243. The summed E-state index contributed by atoms with van der Waals surface area (Å²) in [6.45, 7) is 0.476. The first-order chi connectivity index (χ1) is 11.6. The minimum Gasteiger partial charge on any atom is -0.382 e. The Morgan fingerprint density at radius 3 is 2.25 bits per heavy atom. The number of carbonyl (C=O) groups is 1. The number of carbonyl (C=O) groups excluding carboxylic acids is 1. The molecule has 24 heavy (non-hydrogen) atoms. The first-order valence-electron chi connectivity index (χ1n) is 7.61. The van der Waals surface area contributed by atoms with Gasteiger partial charge in [0.15, 0.2) is 11.5 Å². The second kappa shape index (κ2) is 6.91. The van der Waals surface area contributed by atoms with E-state index in [1.165, 1.54) is 18.0 Å². The van der Waals surface area contributed by atoms with Gasteiger partial charge in [-0.05, 0) is 16.7 Å². The van der Waals surface area contributed by atoms with Crippen molar-refractivity contribution in [2.75, 3.05) is 12.8 Å². The van der Waals surface area contributed by atoms with Crippen molar-refractivity contribution in [2.45, 2.75) is 6.54 Å². The number of hydrogen-bond acceptors (Lipinski definition) is 4. The molecule has 0 aliphatic rings. The number of benzene rings is 2. The molecule has 0 fully saturated rings. The summed E-state index contributed by atoms with van der Waals surface area (Å²) in [7, 11) is 1.72. The van der Waals surface area contributed by atoms with Gasteiger partial charge in [-0.2, -0.15) is 0 Å². The molecule has 0 bridgehead atoms. The highest BCUT2D eigenvalue weighted by Crippen LogP contribution is 2.20. The highest BCUT2D eigenvalue weighted by molar-refractivity contribution is 5.96. The lowest BCUT2D eigenvalue weighted by Crippen LogP contribution is -2.28. The van der Waals surface area contributed by atoms with E-state index >= 15 is 0 Å². The summed E-state index contributed by atoms with van der Waals surface area (Å²) >= 11 is 0. The van der Waals surface area contributed by atoms with Crippen molar-refractivity contribution in [3.63, 3.8) is 0 Å². The number of anilines is 1. The lowest BCUT2D eigenvalue weighted by Gasteiger charge is -2.17. The van der Waals surface area contributed by atoms with Crippen LogP contribution in [0, 0.1) is 0 Å². The molecule has 3 rings (SSSR count). The van der Waals surface area contributed by atoms with E-state index in [2.05, 4.69) is 34.2 Å². The van der Waals surface area contributed by atoms with Crippen LogP contribution in [0.5, 0.6) is 0 Å². The Labute approximate surface area is 140 Å². The topological polar surface area (TPSA) is 72.1 Å². The number of nitrogen functional groups attached to an aromatic ring is 1. The SMILES string of the molecule is CN(Cc1ccc(-c2ccccc2)cc1)C(=O)c1nccnc1N. The maximum atomic E-state index is 12.4. The zero-order valence-corrected chi connectivity index (χ0v) is 13.4. The van der Waals surface area contributed by atoms with Crippen LogP contribution >= 0.6 is 0 Å². The summed E-state index contributed by atoms with van der Waals surface area (Å²) in [6.07, 6.45) is 2.93. The second-order valence-corrected chi connectivity index (χ2v) is 5.51. The molecule has 2 aromatic carbocycles. The molecule has 0 aliphatic carbocycles. The largest absolute Gasteiger partial charge is 0.382 e.